The quantitative estimate of drug-likeness (QED) is 0.677. The molecule has 1 aliphatic heterocycles. The number of hydrogen-bond acceptors (Lipinski definition) is 2. The first-order valence-electron chi connectivity index (χ1n) is 8.76. The van der Waals surface area contributed by atoms with Crippen LogP contribution in [0.3, 0.4) is 0 Å². The van der Waals surface area contributed by atoms with E-state index in [4.69, 9.17) is 11.6 Å². The molecule has 1 fully saturated rings. The Hall–Kier alpha value is -2.65. The van der Waals surface area contributed by atoms with Crippen LogP contribution in [-0.2, 0) is 16.8 Å². The van der Waals surface area contributed by atoms with Crippen LogP contribution in [-0.4, -0.2) is 10.9 Å². The molecule has 2 atom stereocenters. The molecule has 2 aliphatic rings. The maximum absolute atomic E-state index is 13.5. The van der Waals surface area contributed by atoms with Gasteiger partial charge in [0.15, 0.2) is 0 Å². The first-order chi connectivity index (χ1) is 12.7. The molecular weight excluding hydrogens is 344 g/mol. The van der Waals surface area contributed by atoms with Crippen molar-refractivity contribution >= 4 is 23.2 Å². The number of pyridine rings is 1. The van der Waals surface area contributed by atoms with Crippen LogP contribution in [0.1, 0.15) is 29.0 Å². The molecule has 0 saturated heterocycles. The Kier molecular flexibility index (Phi) is 3.41. The Balaban J connectivity index is 1.54. The summed E-state index contributed by atoms with van der Waals surface area (Å²) in [5.74, 6) is 0.423. The number of para-hydroxylation sites is 1. The van der Waals surface area contributed by atoms with E-state index in [1.165, 1.54) is 5.56 Å². The average molecular weight is 361 g/mol. The van der Waals surface area contributed by atoms with Crippen LogP contribution in [0.4, 0.5) is 5.69 Å². The van der Waals surface area contributed by atoms with Crippen LogP contribution in [0.5, 0.6) is 0 Å². The maximum Gasteiger partial charge on any atom is 0.238 e. The Morgan fingerprint density at radius 1 is 1.04 bits per heavy atom. The Labute approximate surface area is 157 Å². The SMILES string of the molecule is O=C1N(Cc2ccncc2)c2ccccc2[C@@]12CC2c1ccc(Cl)cc1. The predicted molar refractivity (Wildman–Crippen MR) is 102 cm³/mol. The third-order valence-corrected chi connectivity index (χ3v) is 5.88. The summed E-state index contributed by atoms with van der Waals surface area (Å²) < 4.78 is 0. The van der Waals surface area contributed by atoms with E-state index in [1.807, 2.05) is 53.4 Å². The average Bonchev–Trinajstić information content (AvgIpc) is 3.39. The van der Waals surface area contributed by atoms with Crippen LogP contribution < -0.4 is 4.90 Å². The number of nitrogens with zero attached hydrogens (tertiary/aromatic N) is 2. The third-order valence-electron chi connectivity index (χ3n) is 5.63. The third kappa shape index (κ3) is 2.20. The molecule has 128 valence electrons. The second kappa shape index (κ2) is 5.68. The molecule has 26 heavy (non-hydrogen) atoms. The van der Waals surface area contributed by atoms with Crippen molar-refractivity contribution in [2.24, 2.45) is 0 Å². The Bertz CT molecular complexity index is 987. The van der Waals surface area contributed by atoms with Crippen molar-refractivity contribution in [2.45, 2.75) is 24.3 Å². The molecule has 4 heteroatoms. The lowest BCUT2D eigenvalue weighted by Gasteiger charge is -2.18. The summed E-state index contributed by atoms with van der Waals surface area (Å²) in [7, 11) is 0. The molecule has 1 saturated carbocycles. The van der Waals surface area contributed by atoms with Crippen molar-refractivity contribution in [1.29, 1.82) is 0 Å². The fraction of sp³-hybridized carbons (Fsp3) is 0.182. The standard InChI is InChI=1S/C22H17ClN2O/c23-17-7-5-16(6-8-17)19-13-22(19)18-3-1-2-4-20(18)25(21(22)26)14-15-9-11-24-12-10-15/h1-12,19H,13-14H2/t19?,22-/m1/s1. The number of hydrogen-bond donors (Lipinski definition) is 0. The lowest BCUT2D eigenvalue weighted by Crippen LogP contribution is -2.32. The normalized spacial score (nSPS) is 23.3. The number of carbonyl (C=O) groups is 1. The monoisotopic (exact) mass is 360 g/mol. The van der Waals surface area contributed by atoms with Gasteiger partial charge >= 0.3 is 0 Å². The molecule has 3 aromatic rings. The molecular formula is C22H17ClN2O. The highest BCUT2D eigenvalue weighted by atomic mass is 35.5. The summed E-state index contributed by atoms with van der Waals surface area (Å²) in [4.78, 5) is 19.5. The van der Waals surface area contributed by atoms with E-state index in [1.54, 1.807) is 12.4 Å². The number of carbonyl (C=O) groups excluding carboxylic acids is 1. The number of amides is 1. The van der Waals surface area contributed by atoms with Crippen molar-refractivity contribution < 1.29 is 4.79 Å². The molecule has 0 N–H and O–H groups in total. The highest BCUT2D eigenvalue weighted by Gasteiger charge is 2.66. The van der Waals surface area contributed by atoms with E-state index in [2.05, 4.69) is 17.1 Å². The van der Waals surface area contributed by atoms with Crippen molar-refractivity contribution in [3.8, 4) is 0 Å². The predicted octanol–water partition coefficient (Wildman–Crippen LogP) is 4.71. The van der Waals surface area contributed by atoms with Gasteiger partial charge in [0.1, 0.15) is 0 Å². The zero-order valence-electron chi connectivity index (χ0n) is 14.1. The highest BCUT2D eigenvalue weighted by Crippen LogP contribution is 2.66. The van der Waals surface area contributed by atoms with Gasteiger partial charge in [0, 0.05) is 29.0 Å². The molecule has 5 rings (SSSR count). The van der Waals surface area contributed by atoms with Crippen molar-refractivity contribution in [3.63, 3.8) is 0 Å². The molecule has 1 aliphatic carbocycles. The molecule has 1 amide bonds. The van der Waals surface area contributed by atoms with Crippen LogP contribution in [0.15, 0.2) is 73.1 Å². The minimum atomic E-state index is -0.419. The van der Waals surface area contributed by atoms with Crippen LogP contribution in [0.2, 0.25) is 5.02 Å². The molecule has 1 aromatic heterocycles. The van der Waals surface area contributed by atoms with Gasteiger partial charge in [-0.2, -0.15) is 0 Å². The summed E-state index contributed by atoms with van der Waals surface area (Å²) in [6, 6.07) is 20.0. The second-order valence-corrected chi connectivity index (χ2v) is 7.48. The molecule has 1 spiro atoms. The summed E-state index contributed by atoms with van der Waals surface area (Å²) >= 11 is 6.03. The highest BCUT2D eigenvalue weighted by molar-refractivity contribution is 6.30. The van der Waals surface area contributed by atoms with Gasteiger partial charge in [-0.3, -0.25) is 9.78 Å². The van der Waals surface area contributed by atoms with E-state index >= 15 is 0 Å². The van der Waals surface area contributed by atoms with Gasteiger partial charge in [0.2, 0.25) is 5.91 Å². The molecule has 0 radical (unpaired) electrons. The first kappa shape index (κ1) is 15.6. The summed E-state index contributed by atoms with van der Waals surface area (Å²) in [5.41, 5.74) is 4.04. The lowest BCUT2D eigenvalue weighted by molar-refractivity contribution is -0.120. The number of aromatic nitrogens is 1. The first-order valence-corrected chi connectivity index (χ1v) is 9.14. The molecule has 3 nitrogen and oxygen atoms in total. The summed E-state index contributed by atoms with van der Waals surface area (Å²) in [5, 5.41) is 0.723. The maximum atomic E-state index is 13.5. The van der Waals surface area contributed by atoms with Crippen LogP contribution >= 0.6 is 11.6 Å². The number of rotatable bonds is 3. The van der Waals surface area contributed by atoms with E-state index in [9.17, 15) is 4.79 Å². The fourth-order valence-corrected chi connectivity index (χ4v) is 4.40. The van der Waals surface area contributed by atoms with Crippen molar-refractivity contribution in [2.75, 3.05) is 4.90 Å². The largest absolute Gasteiger partial charge is 0.307 e. The summed E-state index contributed by atoms with van der Waals surface area (Å²) in [6.45, 7) is 0.577. The van der Waals surface area contributed by atoms with Gasteiger partial charge in [-0.25, -0.2) is 0 Å². The topological polar surface area (TPSA) is 33.2 Å². The van der Waals surface area contributed by atoms with Gasteiger partial charge in [-0.15, -0.1) is 0 Å². The van der Waals surface area contributed by atoms with Gasteiger partial charge in [0.05, 0.1) is 12.0 Å². The van der Waals surface area contributed by atoms with Crippen LogP contribution in [0, 0.1) is 0 Å². The smallest absolute Gasteiger partial charge is 0.238 e. The lowest BCUT2D eigenvalue weighted by atomic mass is 9.92. The number of benzene rings is 2. The molecule has 0 bridgehead atoms. The number of fused-ring (bicyclic) bond motifs is 2. The van der Waals surface area contributed by atoms with E-state index in [0.717, 1.165) is 28.3 Å². The zero-order chi connectivity index (χ0) is 17.7. The van der Waals surface area contributed by atoms with Crippen LogP contribution in [0.25, 0.3) is 0 Å². The number of halogens is 1. The van der Waals surface area contributed by atoms with E-state index in [0.29, 0.717) is 6.54 Å². The number of anilines is 1. The van der Waals surface area contributed by atoms with Gasteiger partial charge in [-0.05, 0) is 53.4 Å². The molecule has 1 unspecified atom stereocenters. The molecule has 2 heterocycles. The van der Waals surface area contributed by atoms with E-state index < -0.39 is 5.41 Å². The van der Waals surface area contributed by atoms with Crippen molar-refractivity contribution in [3.05, 3.63) is 94.8 Å². The van der Waals surface area contributed by atoms with Gasteiger partial charge in [0.25, 0.3) is 0 Å². The van der Waals surface area contributed by atoms with Gasteiger partial charge in [-0.1, -0.05) is 41.9 Å². The Morgan fingerprint density at radius 3 is 2.54 bits per heavy atom. The van der Waals surface area contributed by atoms with Crippen molar-refractivity contribution in [1.82, 2.24) is 4.98 Å². The minimum Gasteiger partial charge on any atom is -0.307 e. The summed E-state index contributed by atoms with van der Waals surface area (Å²) in [6.07, 6.45) is 4.40. The van der Waals surface area contributed by atoms with E-state index in [-0.39, 0.29) is 11.8 Å². The zero-order valence-corrected chi connectivity index (χ0v) is 14.9. The fourth-order valence-electron chi connectivity index (χ4n) is 4.27. The minimum absolute atomic E-state index is 0.204. The Morgan fingerprint density at radius 2 is 1.77 bits per heavy atom. The second-order valence-electron chi connectivity index (χ2n) is 7.04. The van der Waals surface area contributed by atoms with Gasteiger partial charge < -0.3 is 4.90 Å². The molecule has 2 aromatic carbocycles.